The number of hydrogen-bond acceptors (Lipinski definition) is 2. The van der Waals surface area contributed by atoms with Crippen molar-refractivity contribution >= 4 is 23.6 Å². The normalized spacial score (nSPS) is 12.5. The quantitative estimate of drug-likeness (QED) is 0.746. The Labute approximate surface area is 153 Å². The van der Waals surface area contributed by atoms with E-state index >= 15 is 0 Å². The highest BCUT2D eigenvalue weighted by atomic mass is 35.5. The summed E-state index contributed by atoms with van der Waals surface area (Å²) in [6, 6.07) is 13.3. The second-order valence-corrected chi connectivity index (χ2v) is 6.53. The predicted molar refractivity (Wildman–Crippen MR) is 101 cm³/mol. The zero-order chi connectivity index (χ0) is 18.2. The third kappa shape index (κ3) is 6.69. The van der Waals surface area contributed by atoms with Crippen LogP contribution in [0.15, 0.2) is 54.6 Å². The van der Waals surface area contributed by atoms with E-state index in [4.69, 9.17) is 11.6 Å². The van der Waals surface area contributed by atoms with Gasteiger partial charge in [-0.2, -0.15) is 0 Å². The maximum absolute atomic E-state index is 13.1. The van der Waals surface area contributed by atoms with Crippen molar-refractivity contribution in [2.24, 2.45) is 0 Å². The van der Waals surface area contributed by atoms with Crippen molar-refractivity contribution in [3.8, 4) is 0 Å². The van der Waals surface area contributed by atoms with Gasteiger partial charge in [0.05, 0.1) is 6.04 Å². The van der Waals surface area contributed by atoms with Crippen LogP contribution >= 0.6 is 11.6 Å². The Morgan fingerprint density at radius 2 is 1.80 bits per heavy atom. The average Bonchev–Trinajstić information content (AvgIpc) is 2.59. The third-order valence-electron chi connectivity index (χ3n) is 3.75. The lowest BCUT2D eigenvalue weighted by atomic mass is 10.0. The zero-order valence-corrected chi connectivity index (χ0v) is 15.1. The van der Waals surface area contributed by atoms with Crippen molar-refractivity contribution in [3.63, 3.8) is 0 Å². The first-order valence-electron chi connectivity index (χ1n) is 8.08. The number of carbonyl (C=O) groups excluding carboxylic acids is 1. The summed E-state index contributed by atoms with van der Waals surface area (Å²) in [5.74, 6) is -0.480. The van der Waals surface area contributed by atoms with Crippen LogP contribution in [0.5, 0.6) is 0 Å². The molecule has 2 rings (SSSR count). The molecule has 1 unspecified atom stereocenters. The molecule has 132 valence electrons. The minimum atomic E-state index is -0.288. The SMILES string of the molecule is CN(C)CCC(NC(=O)/C=C/c1ccc(Cl)cc1)c1ccc(F)cc1. The fourth-order valence-electron chi connectivity index (χ4n) is 2.37. The van der Waals surface area contributed by atoms with E-state index in [0.717, 1.165) is 24.1 Å². The predicted octanol–water partition coefficient (Wildman–Crippen LogP) is 4.30. The number of benzene rings is 2. The fraction of sp³-hybridized carbons (Fsp3) is 0.250. The monoisotopic (exact) mass is 360 g/mol. The van der Waals surface area contributed by atoms with Gasteiger partial charge in [-0.25, -0.2) is 4.39 Å². The molecule has 1 amide bonds. The molecule has 2 aromatic rings. The van der Waals surface area contributed by atoms with Gasteiger partial charge in [0, 0.05) is 11.1 Å². The Hall–Kier alpha value is -2.17. The molecule has 0 aromatic heterocycles. The smallest absolute Gasteiger partial charge is 0.244 e. The Kier molecular flexibility index (Phi) is 7.16. The largest absolute Gasteiger partial charge is 0.346 e. The van der Waals surface area contributed by atoms with E-state index in [0.29, 0.717) is 5.02 Å². The Morgan fingerprint density at radius 1 is 1.16 bits per heavy atom. The topological polar surface area (TPSA) is 32.3 Å². The minimum Gasteiger partial charge on any atom is -0.346 e. The molecule has 0 aliphatic rings. The van der Waals surface area contributed by atoms with Crippen LogP contribution in [0.4, 0.5) is 4.39 Å². The number of carbonyl (C=O) groups is 1. The van der Waals surface area contributed by atoms with Crippen molar-refractivity contribution in [2.45, 2.75) is 12.5 Å². The molecule has 0 heterocycles. The molecule has 0 saturated heterocycles. The van der Waals surface area contributed by atoms with E-state index in [1.807, 2.05) is 31.1 Å². The van der Waals surface area contributed by atoms with E-state index in [1.165, 1.54) is 18.2 Å². The number of nitrogens with one attached hydrogen (secondary N) is 1. The van der Waals surface area contributed by atoms with Gasteiger partial charge in [-0.05, 0) is 68.5 Å². The second kappa shape index (κ2) is 9.35. The molecule has 1 N–H and O–H groups in total. The number of nitrogens with zero attached hydrogens (tertiary/aromatic N) is 1. The molecule has 5 heteroatoms. The Balaban J connectivity index is 2.05. The average molecular weight is 361 g/mol. The molecular weight excluding hydrogens is 339 g/mol. The standard InChI is InChI=1S/C20H22ClFN2O/c1-24(2)14-13-19(16-6-10-18(22)11-7-16)23-20(25)12-5-15-3-8-17(21)9-4-15/h3-12,19H,13-14H2,1-2H3,(H,23,25)/b12-5+. The maximum Gasteiger partial charge on any atom is 0.244 e. The molecular formula is C20H22ClFN2O. The first kappa shape index (κ1) is 19.2. The van der Waals surface area contributed by atoms with Crippen LogP contribution in [0.25, 0.3) is 6.08 Å². The maximum atomic E-state index is 13.1. The molecule has 0 saturated carbocycles. The molecule has 2 aromatic carbocycles. The van der Waals surface area contributed by atoms with Crippen molar-refractivity contribution in [3.05, 3.63) is 76.6 Å². The Morgan fingerprint density at radius 3 is 2.40 bits per heavy atom. The van der Waals surface area contributed by atoms with Crippen LogP contribution in [0.2, 0.25) is 5.02 Å². The first-order chi connectivity index (χ1) is 11.9. The van der Waals surface area contributed by atoms with Crippen LogP contribution in [-0.2, 0) is 4.79 Å². The summed E-state index contributed by atoms with van der Waals surface area (Å²) in [6.07, 6.45) is 3.97. The summed E-state index contributed by atoms with van der Waals surface area (Å²) in [5, 5.41) is 3.64. The molecule has 0 radical (unpaired) electrons. The van der Waals surface area contributed by atoms with Crippen LogP contribution in [0.1, 0.15) is 23.6 Å². The van der Waals surface area contributed by atoms with E-state index in [2.05, 4.69) is 5.32 Å². The second-order valence-electron chi connectivity index (χ2n) is 6.09. The number of rotatable bonds is 7. The van der Waals surface area contributed by atoms with Crippen LogP contribution < -0.4 is 5.32 Å². The van der Waals surface area contributed by atoms with Gasteiger partial charge >= 0.3 is 0 Å². The van der Waals surface area contributed by atoms with Crippen molar-refractivity contribution in [2.75, 3.05) is 20.6 Å². The lowest BCUT2D eigenvalue weighted by Gasteiger charge is -2.20. The highest BCUT2D eigenvalue weighted by Gasteiger charge is 2.14. The van der Waals surface area contributed by atoms with Gasteiger partial charge in [-0.3, -0.25) is 4.79 Å². The lowest BCUT2D eigenvalue weighted by molar-refractivity contribution is -0.117. The molecule has 0 aliphatic carbocycles. The van der Waals surface area contributed by atoms with Gasteiger partial charge in [0.2, 0.25) is 5.91 Å². The van der Waals surface area contributed by atoms with Gasteiger partial charge < -0.3 is 10.2 Å². The van der Waals surface area contributed by atoms with E-state index in [1.54, 1.807) is 30.3 Å². The molecule has 0 bridgehead atoms. The molecule has 3 nitrogen and oxygen atoms in total. The van der Waals surface area contributed by atoms with Crippen LogP contribution in [0, 0.1) is 5.82 Å². The third-order valence-corrected chi connectivity index (χ3v) is 4.00. The van der Waals surface area contributed by atoms with Gasteiger partial charge in [0.1, 0.15) is 5.82 Å². The minimum absolute atomic E-state index is 0.176. The summed E-state index contributed by atoms with van der Waals surface area (Å²) in [6.45, 7) is 0.809. The van der Waals surface area contributed by atoms with Crippen molar-refractivity contribution in [1.82, 2.24) is 10.2 Å². The molecule has 25 heavy (non-hydrogen) atoms. The van der Waals surface area contributed by atoms with Crippen molar-refractivity contribution < 1.29 is 9.18 Å². The molecule has 0 fully saturated rings. The highest BCUT2D eigenvalue weighted by Crippen LogP contribution is 2.18. The summed E-state index contributed by atoms with van der Waals surface area (Å²) in [7, 11) is 3.95. The van der Waals surface area contributed by atoms with Crippen molar-refractivity contribution in [1.29, 1.82) is 0 Å². The summed E-state index contributed by atoms with van der Waals surface area (Å²) in [5.41, 5.74) is 1.78. The van der Waals surface area contributed by atoms with Crippen LogP contribution in [0.3, 0.4) is 0 Å². The molecule has 1 atom stereocenters. The van der Waals surface area contributed by atoms with E-state index in [9.17, 15) is 9.18 Å². The summed E-state index contributed by atoms with van der Waals surface area (Å²) in [4.78, 5) is 14.3. The van der Waals surface area contributed by atoms with Crippen LogP contribution in [-0.4, -0.2) is 31.4 Å². The van der Waals surface area contributed by atoms with Gasteiger partial charge in [-0.15, -0.1) is 0 Å². The van der Waals surface area contributed by atoms with E-state index < -0.39 is 0 Å². The van der Waals surface area contributed by atoms with Gasteiger partial charge in [-0.1, -0.05) is 35.9 Å². The van der Waals surface area contributed by atoms with E-state index in [-0.39, 0.29) is 17.8 Å². The summed E-state index contributed by atoms with van der Waals surface area (Å²) >= 11 is 5.85. The lowest BCUT2D eigenvalue weighted by Crippen LogP contribution is -2.29. The fourth-order valence-corrected chi connectivity index (χ4v) is 2.50. The highest BCUT2D eigenvalue weighted by molar-refractivity contribution is 6.30. The van der Waals surface area contributed by atoms with Gasteiger partial charge in [0.25, 0.3) is 0 Å². The zero-order valence-electron chi connectivity index (χ0n) is 14.4. The molecule has 0 aliphatic heterocycles. The number of hydrogen-bond donors (Lipinski definition) is 1. The van der Waals surface area contributed by atoms with Gasteiger partial charge in [0.15, 0.2) is 0 Å². The summed E-state index contributed by atoms with van der Waals surface area (Å²) < 4.78 is 13.1. The number of amides is 1. The Bertz CT molecular complexity index is 711. The number of halogens is 2. The first-order valence-corrected chi connectivity index (χ1v) is 8.46. The molecule has 0 spiro atoms.